The Morgan fingerprint density at radius 3 is 2.70 bits per heavy atom. The second kappa shape index (κ2) is 7.47. The summed E-state index contributed by atoms with van der Waals surface area (Å²) in [5.74, 6) is -0.358. The third kappa shape index (κ3) is 5.77. The fourth-order valence-corrected chi connectivity index (χ4v) is 2.25. The highest BCUT2D eigenvalue weighted by Gasteiger charge is 2.12. The molecule has 0 fully saturated rings. The number of benzene rings is 1. The second-order valence-electron chi connectivity index (χ2n) is 4.17. The van der Waals surface area contributed by atoms with Gasteiger partial charge in [-0.2, -0.15) is 0 Å². The van der Waals surface area contributed by atoms with Crippen molar-refractivity contribution in [2.24, 2.45) is 0 Å². The Hall–Kier alpha value is -1.31. The van der Waals surface area contributed by atoms with Gasteiger partial charge in [-0.05, 0) is 24.6 Å². The van der Waals surface area contributed by atoms with Crippen LogP contribution in [0.15, 0.2) is 18.2 Å². The Bertz CT molecular complexity index is 575. The number of methoxy groups -OCH3 is 1. The van der Waals surface area contributed by atoms with Gasteiger partial charge in [-0.15, -0.1) is 0 Å². The van der Waals surface area contributed by atoms with E-state index in [1.165, 1.54) is 18.2 Å². The third-order valence-corrected chi connectivity index (χ3v) is 3.26. The van der Waals surface area contributed by atoms with Crippen molar-refractivity contribution in [3.05, 3.63) is 28.8 Å². The molecule has 0 radical (unpaired) electrons. The van der Waals surface area contributed by atoms with Gasteiger partial charge in [-0.25, -0.2) is 8.42 Å². The summed E-state index contributed by atoms with van der Waals surface area (Å²) in [6, 6.07) is 4.36. The maximum Gasteiger partial charge on any atom is 0.252 e. The Morgan fingerprint density at radius 2 is 2.10 bits per heavy atom. The van der Waals surface area contributed by atoms with E-state index in [0.717, 1.165) is 6.26 Å². The Labute approximate surface area is 123 Å². The quantitative estimate of drug-likeness (QED) is 0.745. The van der Waals surface area contributed by atoms with Gasteiger partial charge in [0.25, 0.3) is 5.91 Å². The van der Waals surface area contributed by atoms with Crippen LogP contribution < -0.4 is 10.0 Å². The van der Waals surface area contributed by atoms with Crippen LogP contribution in [0, 0.1) is 0 Å². The van der Waals surface area contributed by atoms with Crippen LogP contribution >= 0.6 is 11.6 Å². The molecule has 1 aromatic carbocycles. The van der Waals surface area contributed by atoms with Gasteiger partial charge in [0.2, 0.25) is 10.0 Å². The number of ether oxygens (including phenoxy) is 1. The fraction of sp³-hybridized carbons (Fsp3) is 0.417. The summed E-state index contributed by atoms with van der Waals surface area (Å²) in [7, 11) is -1.82. The minimum atomic E-state index is -3.40. The van der Waals surface area contributed by atoms with Crippen molar-refractivity contribution in [2.45, 2.75) is 6.42 Å². The van der Waals surface area contributed by atoms with Crippen LogP contribution in [0.5, 0.6) is 0 Å². The van der Waals surface area contributed by atoms with E-state index in [2.05, 4.69) is 10.0 Å². The molecule has 1 aromatic rings. The van der Waals surface area contributed by atoms with Crippen LogP contribution in [0.1, 0.15) is 16.8 Å². The van der Waals surface area contributed by atoms with E-state index in [0.29, 0.717) is 25.3 Å². The van der Waals surface area contributed by atoms with E-state index in [9.17, 15) is 13.2 Å². The van der Waals surface area contributed by atoms with Crippen molar-refractivity contribution >= 4 is 33.2 Å². The van der Waals surface area contributed by atoms with Gasteiger partial charge in [0, 0.05) is 25.9 Å². The van der Waals surface area contributed by atoms with Crippen LogP contribution in [0.4, 0.5) is 5.69 Å². The first-order valence-electron chi connectivity index (χ1n) is 5.88. The molecule has 0 spiro atoms. The molecule has 0 aliphatic carbocycles. The molecule has 0 heterocycles. The zero-order valence-corrected chi connectivity index (χ0v) is 12.8. The molecule has 0 atom stereocenters. The monoisotopic (exact) mass is 320 g/mol. The number of rotatable bonds is 7. The maximum atomic E-state index is 11.9. The van der Waals surface area contributed by atoms with Gasteiger partial charge < -0.3 is 10.1 Å². The number of carbonyl (C=O) groups is 1. The minimum absolute atomic E-state index is 0.220. The van der Waals surface area contributed by atoms with Crippen LogP contribution in [-0.2, 0) is 14.8 Å². The summed E-state index contributed by atoms with van der Waals surface area (Å²) in [6.07, 6.45) is 1.72. The predicted molar refractivity (Wildman–Crippen MR) is 78.7 cm³/mol. The summed E-state index contributed by atoms with van der Waals surface area (Å²) in [5, 5.41) is 2.94. The molecule has 0 unspecified atom stereocenters. The molecule has 0 saturated carbocycles. The minimum Gasteiger partial charge on any atom is -0.385 e. The smallest absolute Gasteiger partial charge is 0.252 e. The lowest BCUT2D eigenvalue weighted by atomic mass is 10.2. The fourth-order valence-electron chi connectivity index (χ4n) is 1.49. The van der Waals surface area contributed by atoms with Gasteiger partial charge in [0.15, 0.2) is 0 Å². The highest BCUT2D eigenvalue weighted by Crippen LogP contribution is 2.21. The van der Waals surface area contributed by atoms with Crippen molar-refractivity contribution < 1.29 is 17.9 Å². The topological polar surface area (TPSA) is 84.5 Å². The molecule has 6 nitrogen and oxygen atoms in total. The van der Waals surface area contributed by atoms with E-state index in [1.54, 1.807) is 7.11 Å². The number of hydrogen-bond donors (Lipinski definition) is 2. The molecule has 0 aliphatic heterocycles. The van der Waals surface area contributed by atoms with Crippen LogP contribution in [-0.4, -0.2) is 40.8 Å². The van der Waals surface area contributed by atoms with E-state index in [-0.39, 0.29) is 16.5 Å². The van der Waals surface area contributed by atoms with E-state index < -0.39 is 10.0 Å². The highest BCUT2D eigenvalue weighted by atomic mass is 35.5. The first-order chi connectivity index (χ1) is 9.33. The molecule has 2 N–H and O–H groups in total. The van der Waals surface area contributed by atoms with Crippen molar-refractivity contribution in [1.29, 1.82) is 0 Å². The number of amides is 1. The first kappa shape index (κ1) is 16.7. The van der Waals surface area contributed by atoms with E-state index >= 15 is 0 Å². The van der Waals surface area contributed by atoms with Gasteiger partial charge in [-0.3, -0.25) is 9.52 Å². The predicted octanol–water partition coefficient (Wildman–Crippen LogP) is 1.48. The standard InChI is InChI=1S/C12H17ClN2O4S/c1-19-7-3-6-14-12(16)10-8-9(4-5-11(10)13)15-20(2,17)18/h4-5,8,15H,3,6-7H2,1-2H3,(H,14,16). The number of anilines is 1. The van der Waals surface area contributed by atoms with Crippen molar-refractivity contribution in [2.75, 3.05) is 31.2 Å². The lowest BCUT2D eigenvalue weighted by Gasteiger charge is -2.09. The average Bonchev–Trinajstić information content (AvgIpc) is 2.35. The SMILES string of the molecule is COCCCNC(=O)c1cc(NS(C)(=O)=O)ccc1Cl. The van der Waals surface area contributed by atoms with Gasteiger partial charge in [-0.1, -0.05) is 11.6 Å². The molecule has 20 heavy (non-hydrogen) atoms. The van der Waals surface area contributed by atoms with Gasteiger partial charge in [0.1, 0.15) is 0 Å². The summed E-state index contributed by atoms with van der Waals surface area (Å²) in [6.45, 7) is 0.996. The third-order valence-electron chi connectivity index (χ3n) is 2.33. The normalized spacial score (nSPS) is 11.2. The Kier molecular flexibility index (Phi) is 6.25. The molecule has 0 aromatic heterocycles. The Balaban J connectivity index is 2.78. The summed E-state index contributed by atoms with van der Waals surface area (Å²) in [5.41, 5.74) is 0.511. The van der Waals surface area contributed by atoms with Crippen molar-refractivity contribution in [3.8, 4) is 0 Å². The summed E-state index contributed by atoms with van der Waals surface area (Å²) in [4.78, 5) is 11.9. The second-order valence-corrected chi connectivity index (χ2v) is 6.33. The van der Waals surface area contributed by atoms with E-state index in [1.807, 2.05) is 0 Å². The summed E-state index contributed by atoms with van der Waals surface area (Å²) < 4.78 is 29.5. The number of hydrogen-bond acceptors (Lipinski definition) is 4. The first-order valence-corrected chi connectivity index (χ1v) is 8.15. The molecule has 0 saturated heterocycles. The summed E-state index contributed by atoms with van der Waals surface area (Å²) >= 11 is 5.94. The van der Waals surface area contributed by atoms with Crippen LogP contribution in [0.2, 0.25) is 5.02 Å². The Morgan fingerprint density at radius 1 is 1.40 bits per heavy atom. The molecule has 1 rings (SSSR count). The lowest BCUT2D eigenvalue weighted by Crippen LogP contribution is -2.25. The van der Waals surface area contributed by atoms with Crippen molar-refractivity contribution in [1.82, 2.24) is 5.32 Å². The molecular weight excluding hydrogens is 304 g/mol. The largest absolute Gasteiger partial charge is 0.385 e. The molecule has 1 amide bonds. The van der Waals surface area contributed by atoms with Gasteiger partial charge in [0.05, 0.1) is 16.8 Å². The molecule has 0 bridgehead atoms. The number of carbonyl (C=O) groups excluding carboxylic acids is 1. The number of halogens is 1. The number of sulfonamides is 1. The highest BCUT2D eigenvalue weighted by molar-refractivity contribution is 7.92. The molecular formula is C12H17ClN2O4S. The maximum absolute atomic E-state index is 11.9. The van der Waals surface area contributed by atoms with E-state index in [4.69, 9.17) is 16.3 Å². The molecule has 0 aliphatic rings. The number of nitrogens with one attached hydrogen (secondary N) is 2. The molecule has 8 heteroatoms. The van der Waals surface area contributed by atoms with Crippen LogP contribution in [0.25, 0.3) is 0 Å². The lowest BCUT2D eigenvalue weighted by molar-refractivity contribution is 0.0949. The molecule has 112 valence electrons. The van der Waals surface area contributed by atoms with Crippen molar-refractivity contribution in [3.63, 3.8) is 0 Å². The zero-order chi connectivity index (χ0) is 15.2. The zero-order valence-electron chi connectivity index (χ0n) is 11.3. The van der Waals surface area contributed by atoms with Crippen LogP contribution in [0.3, 0.4) is 0 Å². The average molecular weight is 321 g/mol. The van der Waals surface area contributed by atoms with Gasteiger partial charge >= 0.3 is 0 Å².